The first-order valence-corrected chi connectivity index (χ1v) is 8.22. The molecule has 1 aliphatic rings. The maximum Gasteiger partial charge on any atom is 0.266 e. The van der Waals surface area contributed by atoms with Crippen LogP contribution in [-0.2, 0) is 11.3 Å². The van der Waals surface area contributed by atoms with Crippen molar-refractivity contribution >= 4 is 51.6 Å². The normalized spacial score (nSPS) is 17.2. The van der Waals surface area contributed by atoms with Gasteiger partial charge >= 0.3 is 0 Å². The van der Waals surface area contributed by atoms with Gasteiger partial charge in [0, 0.05) is 0 Å². The van der Waals surface area contributed by atoms with Gasteiger partial charge in [-0.1, -0.05) is 54.3 Å². The molecule has 2 nitrogen and oxygen atoms in total. The highest BCUT2D eigenvalue weighted by Crippen LogP contribution is 2.33. The summed E-state index contributed by atoms with van der Waals surface area (Å²) in [4.78, 5) is 14.8. The summed E-state index contributed by atoms with van der Waals surface area (Å²) in [5.41, 5.74) is 2.13. The van der Waals surface area contributed by atoms with Crippen LogP contribution in [0.1, 0.15) is 11.1 Å². The number of thiophene rings is 1. The molecule has 3 rings (SSSR count). The molecular weight excluding hydrogens is 306 g/mol. The molecule has 0 spiro atoms. The van der Waals surface area contributed by atoms with E-state index in [2.05, 4.69) is 0 Å². The number of amides is 1. The monoisotopic (exact) mass is 317 g/mol. The second kappa shape index (κ2) is 5.91. The standard InChI is InChI=1S/C15H11NOS3/c17-14-13(8-12-6-7-19-10-12)20-15(18)16(14)9-11-4-2-1-3-5-11/h1-8,10H,9H2. The fourth-order valence-electron chi connectivity index (χ4n) is 1.91. The number of thiocarbonyl (C=S) groups is 1. The zero-order valence-corrected chi connectivity index (χ0v) is 12.9. The molecule has 5 heteroatoms. The van der Waals surface area contributed by atoms with Gasteiger partial charge in [-0.2, -0.15) is 11.3 Å². The number of carbonyl (C=O) groups is 1. The molecule has 100 valence electrons. The molecule has 0 saturated carbocycles. The molecule has 1 saturated heterocycles. The third-order valence-electron chi connectivity index (χ3n) is 2.90. The van der Waals surface area contributed by atoms with E-state index >= 15 is 0 Å². The van der Waals surface area contributed by atoms with E-state index in [4.69, 9.17) is 12.2 Å². The number of rotatable bonds is 3. The summed E-state index contributed by atoms with van der Waals surface area (Å²) in [6.45, 7) is 0.534. The van der Waals surface area contributed by atoms with Crippen molar-refractivity contribution in [3.63, 3.8) is 0 Å². The van der Waals surface area contributed by atoms with E-state index in [0.717, 1.165) is 11.1 Å². The van der Waals surface area contributed by atoms with Crippen molar-refractivity contribution in [3.8, 4) is 0 Å². The fraction of sp³-hybridized carbons (Fsp3) is 0.0667. The topological polar surface area (TPSA) is 20.3 Å². The Morgan fingerprint density at radius 3 is 2.70 bits per heavy atom. The molecule has 0 bridgehead atoms. The van der Waals surface area contributed by atoms with E-state index in [9.17, 15) is 4.79 Å². The predicted octanol–water partition coefficient (Wildman–Crippen LogP) is 4.15. The smallest absolute Gasteiger partial charge is 0.266 e. The highest BCUT2D eigenvalue weighted by Gasteiger charge is 2.31. The minimum absolute atomic E-state index is 0.00458. The molecule has 1 fully saturated rings. The zero-order valence-electron chi connectivity index (χ0n) is 10.5. The number of hydrogen-bond donors (Lipinski definition) is 0. The molecular formula is C15H11NOS3. The second-order valence-electron chi connectivity index (χ2n) is 4.31. The molecule has 1 aromatic carbocycles. The van der Waals surface area contributed by atoms with Crippen LogP contribution in [0.15, 0.2) is 52.1 Å². The molecule has 0 aliphatic carbocycles. The molecule has 2 aromatic rings. The van der Waals surface area contributed by atoms with Crippen LogP contribution in [0.25, 0.3) is 6.08 Å². The third-order valence-corrected chi connectivity index (χ3v) is 4.98. The van der Waals surface area contributed by atoms with E-state index in [1.54, 1.807) is 16.2 Å². The van der Waals surface area contributed by atoms with Gasteiger partial charge in [-0.25, -0.2) is 0 Å². The van der Waals surface area contributed by atoms with Crippen LogP contribution in [0.3, 0.4) is 0 Å². The Balaban J connectivity index is 1.81. The molecule has 20 heavy (non-hydrogen) atoms. The van der Waals surface area contributed by atoms with Crippen molar-refractivity contribution in [2.45, 2.75) is 6.54 Å². The van der Waals surface area contributed by atoms with Gasteiger partial charge in [0.15, 0.2) is 0 Å². The van der Waals surface area contributed by atoms with E-state index in [1.165, 1.54) is 11.8 Å². The van der Waals surface area contributed by atoms with Crippen molar-refractivity contribution in [2.75, 3.05) is 0 Å². The molecule has 0 N–H and O–H groups in total. The van der Waals surface area contributed by atoms with E-state index in [1.807, 2.05) is 53.2 Å². The molecule has 1 aliphatic heterocycles. The summed E-state index contributed by atoms with van der Waals surface area (Å²) in [7, 11) is 0. The molecule has 0 unspecified atom stereocenters. The number of thioether (sulfide) groups is 1. The number of hydrogen-bond acceptors (Lipinski definition) is 4. The lowest BCUT2D eigenvalue weighted by molar-refractivity contribution is -0.122. The summed E-state index contributed by atoms with van der Waals surface area (Å²) in [6.07, 6.45) is 1.90. The summed E-state index contributed by atoms with van der Waals surface area (Å²) in [5, 5.41) is 4.01. The van der Waals surface area contributed by atoms with Gasteiger partial charge in [-0.3, -0.25) is 9.69 Å². The van der Waals surface area contributed by atoms with Crippen molar-refractivity contribution < 1.29 is 4.79 Å². The van der Waals surface area contributed by atoms with Crippen molar-refractivity contribution in [2.24, 2.45) is 0 Å². The lowest BCUT2D eigenvalue weighted by atomic mass is 10.2. The highest BCUT2D eigenvalue weighted by molar-refractivity contribution is 8.26. The summed E-state index contributed by atoms with van der Waals surface area (Å²) in [6, 6.07) is 11.9. The third kappa shape index (κ3) is 2.85. The first kappa shape index (κ1) is 13.5. The number of nitrogens with zero attached hydrogens (tertiary/aromatic N) is 1. The quantitative estimate of drug-likeness (QED) is 0.626. The van der Waals surface area contributed by atoms with Gasteiger partial charge in [0.2, 0.25) is 0 Å². The van der Waals surface area contributed by atoms with Crippen LogP contribution in [-0.4, -0.2) is 15.1 Å². The van der Waals surface area contributed by atoms with Crippen LogP contribution in [0.2, 0.25) is 0 Å². The Morgan fingerprint density at radius 2 is 2.00 bits per heavy atom. The number of carbonyl (C=O) groups excluding carboxylic acids is 1. The van der Waals surface area contributed by atoms with E-state index < -0.39 is 0 Å². The second-order valence-corrected chi connectivity index (χ2v) is 6.77. The Bertz CT molecular complexity index is 662. The predicted molar refractivity (Wildman–Crippen MR) is 89.5 cm³/mol. The van der Waals surface area contributed by atoms with E-state index in [-0.39, 0.29) is 5.91 Å². The van der Waals surface area contributed by atoms with Gasteiger partial charge in [-0.15, -0.1) is 0 Å². The molecule has 0 radical (unpaired) electrons. The number of benzene rings is 1. The van der Waals surface area contributed by atoms with Crippen LogP contribution >= 0.6 is 35.3 Å². The van der Waals surface area contributed by atoms with Crippen molar-refractivity contribution in [1.82, 2.24) is 4.90 Å². The SMILES string of the molecule is O=C1C(=Cc2ccsc2)SC(=S)N1Cc1ccccc1. The minimum Gasteiger partial charge on any atom is -0.288 e. The lowest BCUT2D eigenvalue weighted by Crippen LogP contribution is -2.27. The summed E-state index contributed by atoms with van der Waals surface area (Å²) >= 11 is 8.31. The maximum absolute atomic E-state index is 12.4. The first-order chi connectivity index (χ1) is 9.74. The first-order valence-electron chi connectivity index (χ1n) is 6.05. The van der Waals surface area contributed by atoms with Crippen molar-refractivity contribution in [3.05, 3.63) is 63.2 Å². The maximum atomic E-state index is 12.4. The van der Waals surface area contributed by atoms with E-state index in [0.29, 0.717) is 15.8 Å². The molecule has 1 aromatic heterocycles. The van der Waals surface area contributed by atoms with Crippen LogP contribution < -0.4 is 0 Å². The van der Waals surface area contributed by atoms with Gasteiger partial charge in [-0.05, 0) is 34.0 Å². The minimum atomic E-state index is -0.00458. The summed E-state index contributed by atoms with van der Waals surface area (Å²) in [5.74, 6) is -0.00458. The average Bonchev–Trinajstić information content (AvgIpc) is 3.05. The lowest BCUT2D eigenvalue weighted by Gasteiger charge is -2.14. The Hall–Kier alpha value is -1.43. The Labute approximate surface area is 131 Å². The highest BCUT2D eigenvalue weighted by atomic mass is 32.2. The van der Waals surface area contributed by atoms with Gasteiger partial charge in [0.25, 0.3) is 5.91 Å². The molecule has 2 heterocycles. The van der Waals surface area contributed by atoms with Crippen LogP contribution in [0.4, 0.5) is 0 Å². The summed E-state index contributed by atoms with van der Waals surface area (Å²) < 4.78 is 0.625. The Kier molecular flexibility index (Phi) is 4.00. The van der Waals surface area contributed by atoms with Gasteiger partial charge in [0.1, 0.15) is 4.32 Å². The van der Waals surface area contributed by atoms with Gasteiger partial charge in [0.05, 0.1) is 11.4 Å². The molecule has 1 amide bonds. The Morgan fingerprint density at radius 1 is 1.20 bits per heavy atom. The van der Waals surface area contributed by atoms with Gasteiger partial charge < -0.3 is 0 Å². The largest absolute Gasteiger partial charge is 0.288 e. The van der Waals surface area contributed by atoms with Crippen LogP contribution in [0, 0.1) is 0 Å². The van der Waals surface area contributed by atoms with Crippen molar-refractivity contribution in [1.29, 1.82) is 0 Å². The molecule has 0 atom stereocenters. The fourth-order valence-corrected chi connectivity index (χ4v) is 3.78. The van der Waals surface area contributed by atoms with Crippen LogP contribution in [0.5, 0.6) is 0 Å². The zero-order chi connectivity index (χ0) is 13.9. The average molecular weight is 317 g/mol.